The zero-order chi connectivity index (χ0) is 24.1. The van der Waals surface area contributed by atoms with Gasteiger partial charge in [0.1, 0.15) is 5.75 Å². The molecule has 1 spiro atoms. The Kier molecular flexibility index (Phi) is 9.85. The summed E-state index contributed by atoms with van der Waals surface area (Å²) in [5, 5.41) is 0. The molecule has 1 aromatic rings. The van der Waals surface area contributed by atoms with E-state index in [0.717, 1.165) is 25.7 Å². The number of halogens is 1. The second kappa shape index (κ2) is 12.4. The molecule has 4 rings (SSSR count). The Morgan fingerprint density at radius 2 is 1.89 bits per heavy atom. The normalized spacial score (nSPS) is 19.8. The van der Waals surface area contributed by atoms with Gasteiger partial charge in [0.05, 0.1) is 18.9 Å². The van der Waals surface area contributed by atoms with Crippen molar-refractivity contribution >= 4 is 29.9 Å². The van der Waals surface area contributed by atoms with Crippen LogP contribution >= 0.6 is 12.4 Å². The molecule has 8 heteroatoms. The molecule has 0 unspecified atom stereocenters. The van der Waals surface area contributed by atoms with Crippen LogP contribution in [0.3, 0.4) is 0 Å². The molecule has 0 atom stereocenters. The van der Waals surface area contributed by atoms with E-state index >= 15 is 0 Å². The molecule has 7 nitrogen and oxygen atoms in total. The Hall–Kier alpha value is -1.83. The van der Waals surface area contributed by atoms with Crippen LogP contribution in [0.1, 0.15) is 82.0 Å². The van der Waals surface area contributed by atoms with Gasteiger partial charge in [-0.3, -0.25) is 9.59 Å². The fourth-order valence-corrected chi connectivity index (χ4v) is 5.64. The fraction of sp³-hybridized carbons (Fsp3) is 0.704. The van der Waals surface area contributed by atoms with Crippen LogP contribution in [0.5, 0.6) is 5.75 Å². The Labute approximate surface area is 215 Å². The minimum absolute atomic E-state index is 0. The number of hydrogen-bond acceptors (Lipinski definition) is 5. The fourth-order valence-electron chi connectivity index (χ4n) is 5.64. The number of unbranched alkanes of at least 4 members (excludes halogenated alkanes) is 1. The van der Waals surface area contributed by atoms with Crippen LogP contribution in [0.2, 0.25) is 0 Å². The summed E-state index contributed by atoms with van der Waals surface area (Å²) < 4.78 is 17.1. The van der Waals surface area contributed by atoms with Gasteiger partial charge in [0.2, 0.25) is 0 Å². The summed E-state index contributed by atoms with van der Waals surface area (Å²) in [6, 6.07) is 6.03. The van der Waals surface area contributed by atoms with Gasteiger partial charge in [-0.15, -0.1) is 12.4 Å². The standard InChI is InChI=1S/C27H40N2O5.ClH/c1-20(2)29(22-9-5-4-6-10-22)25(30)21-11-12-24-23(19-21)28(15-7-8-16-32-3)26(31)27(34-24)13-17-33-18-14-27;/h11-12,19-20,22H,4-10,13-18H2,1-3H3;1H. The topological polar surface area (TPSA) is 68.3 Å². The number of fused-ring (bicyclic) bond motifs is 1. The SMILES string of the molecule is COCCCCN1C(=O)C2(CCOCC2)Oc2ccc(C(=O)N(C(C)C)C3CCCCC3)cc21.Cl. The van der Waals surface area contributed by atoms with Crippen LogP contribution in [0.15, 0.2) is 18.2 Å². The first kappa shape index (κ1) is 27.8. The molecular formula is C27H41ClN2O5. The molecule has 0 N–H and O–H groups in total. The van der Waals surface area contributed by atoms with Crippen LogP contribution < -0.4 is 9.64 Å². The van der Waals surface area contributed by atoms with E-state index in [4.69, 9.17) is 14.2 Å². The van der Waals surface area contributed by atoms with E-state index < -0.39 is 5.60 Å². The smallest absolute Gasteiger partial charge is 0.271 e. The molecule has 0 bridgehead atoms. The summed E-state index contributed by atoms with van der Waals surface area (Å²) >= 11 is 0. The third-order valence-electron chi connectivity index (χ3n) is 7.48. The van der Waals surface area contributed by atoms with Crippen molar-refractivity contribution in [3.8, 4) is 5.75 Å². The molecule has 1 aromatic carbocycles. The maximum atomic E-state index is 13.7. The summed E-state index contributed by atoms with van der Waals surface area (Å²) in [6.07, 6.45) is 8.51. The first-order valence-electron chi connectivity index (χ1n) is 13.0. The lowest BCUT2D eigenvalue weighted by molar-refractivity contribution is -0.144. The Morgan fingerprint density at radius 3 is 2.54 bits per heavy atom. The molecule has 2 heterocycles. The summed E-state index contributed by atoms with van der Waals surface area (Å²) in [5.41, 5.74) is 0.460. The van der Waals surface area contributed by atoms with Gasteiger partial charge in [0, 0.05) is 50.8 Å². The van der Waals surface area contributed by atoms with Gasteiger partial charge in [-0.05, 0) is 57.7 Å². The highest BCUT2D eigenvalue weighted by molar-refractivity contribution is 6.05. The van der Waals surface area contributed by atoms with E-state index in [1.807, 2.05) is 23.1 Å². The molecule has 0 radical (unpaired) electrons. The molecule has 2 fully saturated rings. The number of rotatable bonds is 8. The Morgan fingerprint density at radius 1 is 1.17 bits per heavy atom. The lowest BCUT2D eigenvalue weighted by Crippen LogP contribution is -2.58. The molecule has 0 aromatic heterocycles. The Balaban J connectivity index is 0.00000342. The van der Waals surface area contributed by atoms with Crippen molar-refractivity contribution in [2.45, 2.75) is 89.3 Å². The molecule has 3 aliphatic rings. The van der Waals surface area contributed by atoms with Crippen molar-refractivity contribution in [1.29, 1.82) is 0 Å². The van der Waals surface area contributed by atoms with Gasteiger partial charge in [0.15, 0.2) is 5.60 Å². The molecule has 2 aliphatic heterocycles. The van der Waals surface area contributed by atoms with Gasteiger partial charge in [-0.2, -0.15) is 0 Å². The van der Waals surface area contributed by atoms with Crippen molar-refractivity contribution < 1.29 is 23.8 Å². The van der Waals surface area contributed by atoms with E-state index in [1.165, 1.54) is 19.3 Å². The maximum absolute atomic E-state index is 13.7. The third-order valence-corrected chi connectivity index (χ3v) is 7.48. The van der Waals surface area contributed by atoms with E-state index in [-0.39, 0.29) is 36.3 Å². The van der Waals surface area contributed by atoms with E-state index in [1.54, 1.807) is 7.11 Å². The zero-order valence-electron chi connectivity index (χ0n) is 21.4. The van der Waals surface area contributed by atoms with Crippen molar-refractivity contribution in [3.63, 3.8) is 0 Å². The van der Waals surface area contributed by atoms with Crippen LogP contribution in [0, 0.1) is 0 Å². The van der Waals surface area contributed by atoms with Crippen molar-refractivity contribution in [2.24, 2.45) is 0 Å². The quantitative estimate of drug-likeness (QED) is 0.462. The molecule has 2 amide bonds. The number of nitrogens with zero attached hydrogens (tertiary/aromatic N) is 2. The van der Waals surface area contributed by atoms with Gasteiger partial charge in [-0.1, -0.05) is 19.3 Å². The van der Waals surface area contributed by atoms with Crippen molar-refractivity contribution in [2.75, 3.05) is 38.4 Å². The predicted octanol–water partition coefficient (Wildman–Crippen LogP) is 4.99. The largest absolute Gasteiger partial charge is 0.475 e. The number of carbonyl (C=O) groups excluding carboxylic acids is 2. The number of anilines is 1. The number of amides is 2. The second-order valence-electron chi connectivity index (χ2n) is 10.1. The first-order chi connectivity index (χ1) is 16.5. The van der Waals surface area contributed by atoms with Crippen LogP contribution in [-0.4, -0.2) is 67.9 Å². The average molecular weight is 509 g/mol. The minimum Gasteiger partial charge on any atom is -0.475 e. The van der Waals surface area contributed by atoms with Crippen LogP contribution in [0.25, 0.3) is 0 Å². The highest BCUT2D eigenvalue weighted by Gasteiger charge is 2.49. The van der Waals surface area contributed by atoms with Crippen molar-refractivity contribution in [1.82, 2.24) is 4.90 Å². The monoisotopic (exact) mass is 508 g/mol. The highest BCUT2D eigenvalue weighted by atomic mass is 35.5. The highest BCUT2D eigenvalue weighted by Crippen LogP contribution is 2.42. The predicted molar refractivity (Wildman–Crippen MR) is 139 cm³/mol. The summed E-state index contributed by atoms with van der Waals surface area (Å²) in [4.78, 5) is 31.3. The number of carbonyl (C=O) groups is 2. The summed E-state index contributed by atoms with van der Waals surface area (Å²) in [6.45, 7) is 6.45. The molecule has 196 valence electrons. The molecule has 1 aliphatic carbocycles. The van der Waals surface area contributed by atoms with Gasteiger partial charge in [0.25, 0.3) is 11.8 Å². The first-order valence-corrected chi connectivity index (χ1v) is 13.0. The number of hydrogen-bond donors (Lipinski definition) is 0. The zero-order valence-corrected chi connectivity index (χ0v) is 22.2. The summed E-state index contributed by atoms with van der Waals surface area (Å²) in [7, 11) is 1.69. The number of benzene rings is 1. The van der Waals surface area contributed by atoms with Gasteiger partial charge >= 0.3 is 0 Å². The maximum Gasteiger partial charge on any atom is 0.271 e. The lowest BCUT2D eigenvalue weighted by atomic mass is 9.89. The van der Waals surface area contributed by atoms with E-state index in [2.05, 4.69) is 18.7 Å². The minimum atomic E-state index is -0.871. The van der Waals surface area contributed by atoms with E-state index in [0.29, 0.717) is 56.2 Å². The average Bonchev–Trinajstić information content (AvgIpc) is 2.85. The number of methoxy groups -OCH3 is 1. The lowest BCUT2D eigenvalue weighted by Gasteiger charge is -2.44. The second-order valence-corrected chi connectivity index (χ2v) is 10.1. The molecular weight excluding hydrogens is 468 g/mol. The van der Waals surface area contributed by atoms with E-state index in [9.17, 15) is 9.59 Å². The summed E-state index contributed by atoms with van der Waals surface area (Å²) in [5.74, 6) is 0.708. The van der Waals surface area contributed by atoms with Gasteiger partial charge in [-0.25, -0.2) is 0 Å². The Bertz CT molecular complexity index is 865. The number of ether oxygens (including phenoxy) is 3. The van der Waals surface area contributed by atoms with Gasteiger partial charge < -0.3 is 24.0 Å². The van der Waals surface area contributed by atoms with Crippen LogP contribution in [0.4, 0.5) is 5.69 Å². The molecule has 35 heavy (non-hydrogen) atoms. The van der Waals surface area contributed by atoms with Crippen molar-refractivity contribution in [3.05, 3.63) is 23.8 Å². The third kappa shape index (κ3) is 5.95. The van der Waals surface area contributed by atoms with Crippen LogP contribution in [-0.2, 0) is 14.3 Å². The molecule has 1 saturated heterocycles. The molecule has 1 saturated carbocycles.